The number of anilines is 2. The van der Waals surface area contributed by atoms with Gasteiger partial charge in [0, 0.05) is 7.05 Å². The lowest BCUT2D eigenvalue weighted by Gasteiger charge is -2.19. The van der Waals surface area contributed by atoms with Crippen molar-refractivity contribution in [3.8, 4) is 0 Å². The number of hydrogen-bond donors (Lipinski definition) is 1. The molecule has 0 spiro atoms. The van der Waals surface area contributed by atoms with Crippen LogP contribution in [-0.2, 0) is 19.6 Å². The number of benzene rings is 3. The molecule has 1 N–H and O–H groups in total. The summed E-state index contributed by atoms with van der Waals surface area (Å²) >= 11 is 5.84. The number of nitrogens with zero attached hydrogens (tertiary/aromatic N) is 1. The van der Waals surface area contributed by atoms with E-state index >= 15 is 0 Å². The summed E-state index contributed by atoms with van der Waals surface area (Å²) in [7, 11) is -2.52. The fourth-order valence-electron chi connectivity index (χ4n) is 2.71. The van der Waals surface area contributed by atoms with E-state index < -0.39 is 34.3 Å². The van der Waals surface area contributed by atoms with E-state index in [1.165, 1.54) is 37.4 Å². The predicted molar refractivity (Wildman–Crippen MR) is 119 cm³/mol. The van der Waals surface area contributed by atoms with Crippen molar-refractivity contribution in [3.63, 3.8) is 0 Å². The highest BCUT2D eigenvalue weighted by atomic mass is 35.5. The Kier molecular flexibility index (Phi) is 7.12. The zero-order chi connectivity index (χ0) is 23.3. The van der Waals surface area contributed by atoms with Crippen molar-refractivity contribution >= 4 is 44.9 Å². The van der Waals surface area contributed by atoms with Gasteiger partial charge in [-0.25, -0.2) is 17.6 Å². The minimum atomic E-state index is -3.93. The molecule has 3 aromatic carbocycles. The number of carbonyl (C=O) groups is 2. The van der Waals surface area contributed by atoms with Crippen LogP contribution in [0.2, 0.25) is 5.02 Å². The Hall–Kier alpha value is -3.43. The van der Waals surface area contributed by atoms with E-state index in [1.807, 2.05) is 0 Å². The first-order valence-electron chi connectivity index (χ1n) is 9.24. The van der Waals surface area contributed by atoms with Gasteiger partial charge >= 0.3 is 5.97 Å². The quantitative estimate of drug-likeness (QED) is 0.518. The zero-order valence-electron chi connectivity index (χ0n) is 16.8. The Balaban J connectivity index is 1.68. The van der Waals surface area contributed by atoms with Crippen LogP contribution in [0.25, 0.3) is 0 Å². The Bertz CT molecular complexity index is 1250. The van der Waals surface area contributed by atoms with E-state index in [9.17, 15) is 22.4 Å². The lowest BCUT2D eigenvalue weighted by Crippen LogP contribution is -2.26. The highest BCUT2D eigenvalue weighted by molar-refractivity contribution is 7.92. The summed E-state index contributed by atoms with van der Waals surface area (Å²) in [6.07, 6.45) is 0. The average molecular weight is 477 g/mol. The fraction of sp³-hybridized carbons (Fsp3) is 0.0909. The van der Waals surface area contributed by atoms with E-state index in [0.29, 0.717) is 5.69 Å². The molecular formula is C22H18ClFN2O5S. The van der Waals surface area contributed by atoms with Gasteiger partial charge in [-0.1, -0.05) is 35.9 Å². The summed E-state index contributed by atoms with van der Waals surface area (Å²) < 4.78 is 44.9. The Morgan fingerprint density at radius 3 is 2.44 bits per heavy atom. The molecule has 0 unspecified atom stereocenters. The van der Waals surface area contributed by atoms with Crippen LogP contribution in [0.5, 0.6) is 0 Å². The predicted octanol–water partition coefficient (Wildman–Crippen LogP) is 4.10. The van der Waals surface area contributed by atoms with Crippen molar-refractivity contribution in [1.82, 2.24) is 0 Å². The number of carbonyl (C=O) groups excluding carboxylic acids is 2. The second-order valence-corrected chi connectivity index (χ2v) is 8.96. The number of sulfonamides is 1. The van der Waals surface area contributed by atoms with Crippen molar-refractivity contribution in [3.05, 3.63) is 89.2 Å². The monoisotopic (exact) mass is 476 g/mol. The zero-order valence-corrected chi connectivity index (χ0v) is 18.4. The molecule has 0 bridgehead atoms. The first-order chi connectivity index (χ1) is 15.2. The Labute approximate surface area is 189 Å². The van der Waals surface area contributed by atoms with Gasteiger partial charge in [0.1, 0.15) is 5.82 Å². The van der Waals surface area contributed by atoms with Gasteiger partial charge in [0.05, 0.1) is 26.9 Å². The lowest BCUT2D eigenvalue weighted by molar-refractivity contribution is -0.119. The van der Waals surface area contributed by atoms with E-state index in [-0.39, 0.29) is 21.2 Å². The molecule has 0 saturated carbocycles. The summed E-state index contributed by atoms with van der Waals surface area (Å²) in [6.45, 7) is -0.645. The molecule has 0 saturated heterocycles. The third-order valence-corrected chi connectivity index (χ3v) is 6.48. The van der Waals surface area contributed by atoms with E-state index in [0.717, 1.165) is 16.4 Å². The van der Waals surface area contributed by atoms with Crippen LogP contribution in [0.15, 0.2) is 77.7 Å². The molecule has 0 radical (unpaired) electrons. The number of halogens is 2. The molecule has 0 atom stereocenters. The first-order valence-corrected chi connectivity index (χ1v) is 11.1. The molecule has 0 heterocycles. The van der Waals surface area contributed by atoms with Crippen LogP contribution >= 0.6 is 11.6 Å². The highest BCUT2D eigenvalue weighted by Crippen LogP contribution is 2.23. The lowest BCUT2D eigenvalue weighted by atomic mass is 10.2. The SMILES string of the molecule is CN(c1ccccc1)S(=O)(=O)c1cccc(C(=O)OCC(=O)Nc2ccc(F)cc2Cl)c1. The maximum Gasteiger partial charge on any atom is 0.338 e. The molecule has 32 heavy (non-hydrogen) atoms. The molecule has 166 valence electrons. The van der Waals surface area contributed by atoms with Gasteiger partial charge in [-0.3, -0.25) is 9.10 Å². The number of esters is 1. The minimum Gasteiger partial charge on any atom is -0.452 e. The highest BCUT2D eigenvalue weighted by Gasteiger charge is 2.23. The summed E-state index contributed by atoms with van der Waals surface area (Å²) in [5.74, 6) is -2.14. The fourth-order valence-corrected chi connectivity index (χ4v) is 4.17. The maximum atomic E-state index is 13.1. The third-order valence-electron chi connectivity index (χ3n) is 4.39. The molecule has 1 amide bonds. The average Bonchev–Trinajstić information content (AvgIpc) is 2.79. The van der Waals surface area contributed by atoms with Gasteiger partial charge in [-0.05, 0) is 48.5 Å². The largest absolute Gasteiger partial charge is 0.452 e. The Morgan fingerprint density at radius 1 is 1.03 bits per heavy atom. The first kappa shape index (κ1) is 23.2. The van der Waals surface area contributed by atoms with E-state index in [4.69, 9.17) is 16.3 Å². The van der Waals surface area contributed by atoms with Crippen LogP contribution in [0.1, 0.15) is 10.4 Å². The van der Waals surface area contributed by atoms with Gasteiger partial charge in [-0.2, -0.15) is 0 Å². The summed E-state index contributed by atoms with van der Waals surface area (Å²) in [5, 5.41) is 2.39. The molecule has 0 aromatic heterocycles. The summed E-state index contributed by atoms with van der Waals surface area (Å²) in [4.78, 5) is 24.3. The molecule has 7 nitrogen and oxygen atoms in total. The van der Waals surface area contributed by atoms with Gasteiger partial charge in [0.25, 0.3) is 15.9 Å². The van der Waals surface area contributed by atoms with Crippen molar-refractivity contribution in [2.45, 2.75) is 4.90 Å². The number of hydrogen-bond acceptors (Lipinski definition) is 5. The number of rotatable bonds is 7. The van der Waals surface area contributed by atoms with Crippen LogP contribution in [0, 0.1) is 5.82 Å². The number of ether oxygens (including phenoxy) is 1. The van der Waals surface area contributed by atoms with Crippen molar-refractivity contribution < 1.29 is 27.1 Å². The minimum absolute atomic E-state index is 0.00915. The molecule has 3 rings (SSSR count). The molecule has 0 aliphatic carbocycles. The van der Waals surface area contributed by atoms with E-state index in [1.54, 1.807) is 30.3 Å². The van der Waals surface area contributed by atoms with Crippen LogP contribution in [-0.4, -0.2) is 33.9 Å². The van der Waals surface area contributed by atoms with E-state index in [2.05, 4.69) is 5.32 Å². The van der Waals surface area contributed by atoms with Gasteiger partial charge in [0.2, 0.25) is 0 Å². The van der Waals surface area contributed by atoms with Gasteiger partial charge in [0.15, 0.2) is 6.61 Å². The summed E-state index contributed by atoms with van der Waals surface area (Å²) in [6, 6.07) is 17.2. The second kappa shape index (κ2) is 9.80. The number of amides is 1. The molecule has 3 aromatic rings. The van der Waals surface area contributed by atoms with Crippen LogP contribution in [0.4, 0.5) is 15.8 Å². The van der Waals surface area contributed by atoms with Gasteiger partial charge < -0.3 is 10.1 Å². The molecule has 0 fully saturated rings. The number of para-hydroxylation sites is 1. The second-order valence-electron chi connectivity index (χ2n) is 6.58. The molecular weight excluding hydrogens is 459 g/mol. The van der Waals surface area contributed by atoms with Crippen LogP contribution in [0.3, 0.4) is 0 Å². The Morgan fingerprint density at radius 2 is 1.75 bits per heavy atom. The smallest absolute Gasteiger partial charge is 0.338 e. The molecule has 0 aliphatic rings. The van der Waals surface area contributed by atoms with Crippen molar-refractivity contribution in [1.29, 1.82) is 0 Å². The third kappa shape index (κ3) is 5.43. The van der Waals surface area contributed by atoms with Crippen molar-refractivity contribution in [2.75, 3.05) is 23.3 Å². The van der Waals surface area contributed by atoms with Crippen molar-refractivity contribution in [2.24, 2.45) is 0 Å². The molecule has 0 aliphatic heterocycles. The van der Waals surface area contributed by atoms with Gasteiger partial charge in [-0.15, -0.1) is 0 Å². The normalized spacial score (nSPS) is 11.0. The number of nitrogens with one attached hydrogen (secondary N) is 1. The standard InChI is InChI=1S/C22H18ClFN2O5S/c1-26(17-7-3-2-4-8-17)32(29,30)18-9-5-6-15(12-18)22(28)31-14-21(27)25-20-11-10-16(24)13-19(20)23/h2-13H,14H2,1H3,(H,25,27). The maximum absolute atomic E-state index is 13.1. The topological polar surface area (TPSA) is 92.8 Å². The molecule has 10 heteroatoms. The summed E-state index contributed by atoms with van der Waals surface area (Å²) in [5.41, 5.74) is 0.572. The van der Waals surface area contributed by atoms with Crippen LogP contribution < -0.4 is 9.62 Å².